The van der Waals surface area contributed by atoms with Crippen molar-refractivity contribution in [3.8, 4) is 0 Å². The lowest BCUT2D eigenvalue weighted by Crippen LogP contribution is -2.03. The number of anilines is 1. The highest BCUT2D eigenvalue weighted by Crippen LogP contribution is 2.35. The minimum absolute atomic E-state index is 0.526. The van der Waals surface area contributed by atoms with E-state index in [0.29, 0.717) is 5.92 Å². The number of nitrogens with zero attached hydrogens (tertiary/aromatic N) is 2. The molecule has 2 aromatic heterocycles. The minimum Gasteiger partial charge on any atom is -0.383 e. The molecular weight excluding hydrogens is 298 g/mol. The summed E-state index contributed by atoms with van der Waals surface area (Å²) in [4.78, 5) is 4.70. The SMILES string of the molecule is Cc1c(Br)ccc2nc(C3CCSC3)c(N)n12. The van der Waals surface area contributed by atoms with Gasteiger partial charge in [0.15, 0.2) is 0 Å². The van der Waals surface area contributed by atoms with Crippen molar-refractivity contribution in [3.63, 3.8) is 0 Å². The summed E-state index contributed by atoms with van der Waals surface area (Å²) < 4.78 is 3.11. The maximum atomic E-state index is 6.26. The van der Waals surface area contributed by atoms with E-state index in [1.807, 2.05) is 28.3 Å². The lowest BCUT2D eigenvalue weighted by atomic mass is 10.1. The van der Waals surface area contributed by atoms with Crippen LogP contribution in [0.2, 0.25) is 0 Å². The van der Waals surface area contributed by atoms with Crippen LogP contribution in [-0.2, 0) is 0 Å². The second kappa shape index (κ2) is 4.21. The maximum Gasteiger partial charge on any atom is 0.138 e. The fourth-order valence-corrected chi connectivity index (χ4v) is 3.90. The summed E-state index contributed by atoms with van der Waals surface area (Å²) in [6.07, 6.45) is 1.19. The van der Waals surface area contributed by atoms with E-state index in [1.165, 1.54) is 12.2 Å². The molecule has 3 rings (SSSR count). The van der Waals surface area contributed by atoms with Crippen LogP contribution in [0.3, 0.4) is 0 Å². The summed E-state index contributed by atoms with van der Waals surface area (Å²) in [5.41, 5.74) is 9.41. The normalized spacial score (nSPS) is 20.2. The van der Waals surface area contributed by atoms with E-state index < -0.39 is 0 Å². The van der Waals surface area contributed by atoms with Crippen molar-refractivity contribution in [1.82, 2.24) is 9.38 Å². The van der Waals surface area contributed by atoms with Gasteiger partial charge >= 0.3 is 0 Å². The van der Waals surface area contributed by atoms with Gasteiger partial charge in [-0.05, 0) is 47.2 Å². The van der Waals surface area contributed by atoms with Gasteiger partial charge in [-0.3, -0.25) is 4.40 Å². The zero-order chi connectivity index (χ0) is 12.0. The zero-order valence-corrected chi connectivity index (χ0v) is 12.0. The summed E-state index contributed by atoms with van der Waals surface area (Å²) in [5.74, 6) is 3.71. The first-order chi connectivity index (χ1) is 8.18. The molecule has 2 aromatic rings. The molecule has 17 heavy (non-hydrogen) atoms. The Morgan fingerprint density at radius 1 is 1.53 bits per heavy atom. The molecule has 1 aliphatic rings. The minimum atomic E-state index is 0.526. The predicted octanol–water partition coefficient (Wildman–Crippen LogP) is 3.21. The number of rotatable bonds is 1. The van der Waals surface area contributed by atoms with Gasteiger partial charge in [-0.1, -0.05) is 0 Å². The van der Waals surface area contributed by atoms with Crippen LogP contribution in [0.25, 0.3) is 5.65 Å². The van der Waals surface area contributed by atoms with Crippen LogP contribution in [0.1, 0.15) is 23.7 Å². The van der Waals surface area contributed by atoms with Gasteiger partial charge in [-0.15, -0.1) is 0 Å². The van der Waals surface area contributed by atoms with E-state index in [1.54, 1.807) is 0 Å². The van der Waals surface area contributed by atoms with Crippen LogP contribution in [0.5, 0.6) is 0 Å². The van der Waals surface area contributed by atoms with Gasteiger partial charge in [0, 0.05) is 21.8 Å². The van der Waals surface area contributed by atoms with Gasteiger partial charge in [-0.25, -0.2) is 4.98 Å². The number of hydrogen-bond donors (Lipinski definition) is 1. The molecular formula is C12H14BrN3S. The Bertz CT molecular complexity index is 573. The molecule has 0 radical (unpaired) electrons. The monoisotopic (exact) mass is 311 g/mol. The largest absolute Gasteiger partial charge is 0.383 e. The molecule has 0 aromatic carbocycles. The lowest BCUT2D eigenvalue weighted by molar-refractivity contribution is 0.762. The van der Waals surface area contributed by atoms with E-state index in [-0.39, 0.29) is 0 Å². The second-order valence-electron chi connectivity index (χ2n) is 4.40. The smallest absolute Gasteiger partial charge is 0.138 e. The number of fused-ring (bicyclic) bond motifs is 1. The number of thioether (sulfide) groups is 1. The fraction of sp³-hybridized carbons (Fsp3) is 0.417. The number of pyridine rings is 1. The molecule has 2 N–H and O–H groups in total. The molecule has 3 heterocycles. The van der Waals surface area contributed by atoms with E-state index in [2.05, 4.69) is 22.9 Å². The number of imidazole rings is 1. The Kier molecular flexibility index (Phi) is 2.83. The third-order valence-corrected chi connectivity index (χ3v) is 5.34. The quantitative estimate of drug-likeness (QED) is 0.879. The molecule has 0 bridgehead atoms. The van der Waals surface area contributed by atoms with Gasteiger partial charge in [-0.2, -0.15) is 11.8 Å². The Hall–Kier alpha value is -0.680. The summed E-state index contributed by atoms with van der Waals surface area (Å²) in [6, 6.07) is 4.04. The predicted molar refractivity (Wildman–Crippen MR) is 76.7 cm³/mol. The highest BCUT2D eigenvalue weighted by Gasteiger charge is 2.24. The van der Waals surface area contributed by atoms with E-state index in [4.69, 9.17) is 10.7 Å². The number of nitrogen functional groups attached to an aromatic ring is 1. The number of aryl methyl sites for hydroxylation is 1. The Balaban J connectivity index is 2.21. The van der Waals surface area contributed by atoms with E-state index in [9.17, 15) is 0 Å². The van der Waals surface area contributed by atoms with Crippen molar-refractivity contribution in [2.75, 3.05) is 17.2 Å². The van der Waals surface area contributed by atoms with Crippen LogP contribution in [0.4, 0.5) is 5.82 Å². The molecule has 1 saturated heterocycles. The average Bonchev–Trinajstić information content (AvgIpc) is 2.91. The van der Waals surface area contributed by atoms with Gasteiger partial charge in [0.05, 0.1) is 5.69 Å². The highest BCUT2D eigenvalue weighted by atomic mass is 79.9. The maximum absolute atomic E-state index is 6.26. The van der Waals surface area contributed by atoms with Crippen molar-refractivity contribution in [2.24, 2.45) is 0 Å². The second-order valence-corrected chi connectivity index (χ2v) is 6.41. The topological polar surface area (TPSA) is 43.3 Å². The van der Waals surface area contributed by atoms with Crippen LogP contribution >= 0.6 is 27.7 Å². The van der Waals surface area contributed by atoms with Gasteiger partial charge < -0.3 is 5.73 Å². The standard InChI is InChI=1S/C12H14BrN3S/c1-7-9(13)2-3-10-15-11(12(14)16(7)10)8-4-5-17-6-8/h2-3,8H,4-6,14H2,1H3. The van der Waals surface area contributed by atoms with Crippen molar-refractivity contribution in [3.05, 3.63) is 28.0 Å². The van der Waals surface area contributed by atoms with Crippen molar-refractivity contribution >= 4 is 39.2 Å². The average molecular weight is 312 g/mol. The molecule has 90 valence electrons. The van der Waals surface area contributed by atoms with Gasteiger partial charge in [0.1, 0.15) is 11.5 Å². The van der Waals surface area contributed by atoms with Crippen LogP contribution in [-0.4, -0.2) is 20.9 Å². The van der Waals surface area contributed by atoms with Crippen LogP contribution < -0.4 is 5.73 Å². The highest BCUT2D eigenvalue weighted by molar-refractivity contribution is 9.10. The van der Waals surface area contributed by atoms with E-state index >= 15 is 0 Å². The van der Waals surface area contributed by atoms with Crippen LogP contribution in [0.15, 0.2) is 16.6 Å². The zero-order valence-electron chi connectivity index (χ0n) is 9.61. The third-order valence-electron chi connectivity index (χ3n) is 3.34. The Morgan fingerprint density at radius 2 is 2.35 bits per heavy atom. The molecule has 1 aliphatic heterocycles. The summed E-state index contributed by atoms with van der Waals surface area (Å²) in [7, 11) is 0. The Morgan fingerprint density at radius 3 is 3.06 bits per heavy atom. The van der Waals surface area contributed by atoms with Gasteiger partial charge in [0.2, 0.25) is 0 Å². The van der Waals surface area contributed by atoms with Gasteiger partial charge in [0.25, 0.3) is 0 Å². The lowest BCUT2D eigenvalue weighted by Gasteiger charge is -2.07. The molecule has 3 nitrogen and oxygen atoms in total. The Labute approximate surface area is 113 Å². The number of halogens is 1. The number of hydrogen-bond acceptors (Lipinski definition) is 3. The summed E-state index contributed by atoms with van der Waals surface area (Å²) in [5, 5.41) is 0. The first-order valence-corrected chi connectivity index (χ1v) is 7.64. The molecule has 0 aliphatic carbocycles. The molecule has 1 atom stereocenters. The third kappa shape index (κ3) is 1.76. The van der Waals surface area contributed by atoms with Crippen molar-refractivity contribution in [1.29, 1.82) is 0 Å². The molecule has 1 fully saturated rings. The number of nitrogens with two attached hydrogens (primary N) is 1. The number of aromatic nitrogens is 2. The van der Waals surface area contributed by atoms with Crippen molar-refractivity contribution in [2.45, 2.75) is 19.3 Å². The summed E-state index contributed by atoms with van der Waals surface area (Å²) in [6.45, 7) is 2.06. The first kappa shape index (κ1) is 11.4. The van der Waals surface area contributed by atoms with E-state index in [0.717, 1.165) is 33.1 Å². The molecule has 1 unspecified atom stereocenters. The molecule has 0 amide bonds. The van der Waals surface area contributed by atoms with Crippen LogP contribution in [0, 0.1) is 6.92 Å². The molecule has 0 spiro atoms. The molecule has 0 saturated carbocycles. The van der Waals surface area contributed by atoms with Crippen molar-refractivity contribution < 1.29 is 0 Å². The molecule has 5 heteroatoms. The first-order valence-electron chi connectivity index (χ1n) is 5.69. The fourth-order valence-electron chi connectivity index (χ4n) is 2.36. The summed E-state index contributed by atoms with van der Waals surface area (Å²) >= 11 is 5.52.